The van der Waals surface area contributed by atoms with E-state index in [1.54, 1.807) is 46.2 Å². The van der Waals surface area contributed by atoms with Crippen LogP contribution >= 0.6 is 0 Å². The number of aromatic nitrogens is 5. The molecule has 5 rings (SSSR count). The van der Waals surface area contributed by atoms with Crippen molar-refractivity contribution in [3.8, 4) is 22.6 Å². The predicted octanol–water partition coefficient (Wildman–Crippen LogP) is 4.38. The molecule has 0 aliphatic rings. The molecule has 2 aromatic carbocycles. The molecule has 0 aliphatic carbocycles. The van der Waals surface area contributed by atoms with Gasteiger partial charge in [0.15, 0.2) is 0 Å². The van der Waals surface area contributed by atoms with Gasteiger partial charge >= 0.3 is 0 Å². The lowest BCUT2D eigenvalue weighted by Crippen LogP contribution is -2.17. The van der Waals surface area contributed by atoms with E-state index in [2.05, 4.69) is 15.2 Å². The fourth-order valence-corrected chi connectivity index (χ4v) is 3.49. The van der Waals surface area contributed by atoms with E-state index in [9.17, 15) is 9.18 Å². The van der Waals surface area contributed by atoms with Crippen molar-refractivity contribution in [2.75, 3.05) is 0 Å². The molecular weight excluding hydrogens is 421 g/mol. The van der Waals surface area contributed by atoms with Crippen molar-refractivity contribution in [2.24, 2.45) is 0 Å². The molecule has 164 valence electrons. The second kappa shape index (κ2) is 8.66. The summed E-state index contributed by atoms with van der Waals surface area (Å²) in [5.41, 5.74) is 3.41. The first-order valence-corrected chi connectivity index (χ1v) is 10.5. The van der Waals surface area contributed by atoms with E-state index in [1.165, 1.54) is 18.2 Å². The molecule has 8 heteroatoms. The Hall–Kier alpha value is -4.33. The summed E-state index contributed by atoms with van der Waals surface area (Å²) in [6.45, 7) is 2.77. The minimum atomic E-state index is -0.282. The molecule has 33 heavy (non-hydrogen) atoms. The summed E-state index contributed by atoms with van der Waals surface area (Å²) < 4.78 is 22.5. The van der Waals surface area contributed by atoms with Gasteiger partial charge < -0.3 is 4.74 Å². The summed E-state index contributed by atoms with van der Waals surface area (Å²) in [5.74, 6) is 0.312. The molecule has 3 aromatic heterocycles. The first kappa shape index (κ1) is 20.6. The van der Waals surface area contributed by atoms with E-state index in [0.717, 1.165) is 34.3 Å². The van der Waals surface area contributed by atoms with Crippen LogP contribution in [0.25, 0.3) is 27.7 Å². The van der Waals surface area contributed by atoms with Gasteiger partial charge in [0, 0.05) is 36.0 Å². The number of rotatable bonds is 6. The molecule has 0 bridgehead atoms. The van der Waals surface area contributed by atoms with Crippen molar-refractivity contribution in [3.05, 3.63) is 101 Å². The SMILES string of the molecule is CCn1cc(-n2ccc(=O)c(COc3ccc4ncc(-c5ccc(F)cc5)cc4c3)n2)cn1. The molecule has 0 amide bonds. The number of pyridine rings is 1. The van der Waals surface area contributed by atoms with Gasteiger partial charge in [-0.2, -0.15) is 10.2 Å². The Kier molecular flexibility index (Phi) is 5.40. The zero-order valence-electron chi connectivity index (χ0n) is 17.9. The summed E-state index contributed by atoms with van der Waals surface area (Å²) >= 11 is 0. The Labute approximate surface area is 188 Å². The molecule has 0 N–H and O–H groups in total. The largest absolute Gasteiger partial charge is 0.487 e. The lowest BCUT2D eigenvalue weighted by atomic mass is 10.1. The minimum absolute atomic E-state index is 0.0260. The second-order valence-corrected chi connectivity index (χ2v) is 7.50. The summed E-state index contributed by atoms with van der Waals surface area (Å²) in [4.78, 5) is 16.8. The van der Waals surface area contributed by atoms with Gasteiger partial charge in [-0.05, 0) is 48.9 Å². The van der Waals surface area contributed by atoms with Crippen LogP contribution < -0.4 is 10.2 Å². The molecule has 0 saturated heterocycles. The van der Waals surface area contributed by atoms with Crippen molar-refractivity contribution in [2.45, 2.75) is 20.1 Å². The molecule has 0 atom stereocenters. The lowest BCUT2D eigenvalue weighted by Gasteiger charge is -2.09. The van der Waals surface area contributed by atoms with Crippen LogP contribution in [0.15, 0.2) is 84.2 Å². The number of aryl methyl sites for hydroxylation is 1. The first-order chi connectivity index (χ1) is 16.1. The van der Waals surface area contributed by atoms with Crippen LogP contribution in [0.2, 0.25) is 0 Å². The van der Waals surface area contributed by atoms with Crippen molar-refractivity contribution >= 4 is 10.9 Å². The highest BCUT2D eigenvalue weighted by Crippen LogP contribution is 2.26. The zero-order valence-corrected chi connectivity index (χ0v) is 17.9. The smallest absolute Gasteiger partial charge is 0.206 e. The van der Waals surface area contributed by atoms with Gasteiger partial charge in [0.2, 0.25) is 5.43 Å². The van der Waals surface area contributed by atoms with Crippen molar-refractivity contribution in [1.29, 1.82) is 0 Å². The maximum atomic E-state index is 13.2. The number of benzene rings is 2. The summed E-state index contributed by atoms with van der Waals surface area (Å²) in [6.07, 6.45) is 6.92. The van der Waals surface area contributed by atoms with E-state index in [1.807, 2.05) is 31.3 Å². The number of hydrogen-bond acceptors (Lipinski definition) is 5. The molecule has 0 fully saturated rings. The van der Waals surface area contributed by atoms with Crippen LogP contribution in [0.3, 0.4) is 0 Å². The standard InChI is InChI=1S/C25H20FN5O2/c1-2-30-15-21(14-28-30)31-10-9-25(32)24(29-31)16-33-22-7-8-23-18(12-22)11-19(13-27-23)17-3-5-20(26)6-4-17/h3-15H,2,16H2,1H3. The molecular formula is C25H20FN5O2. The minimum Gasteiger partial charge on any atom is -0.487 e. The Balaban J connectivity index is 1.38. The summed E-state index contributed by atoms with van der Waals surface area (Å²) in [6, 6.07) is 15.2. The highest BCUT2D eigenvalue weighted by molar-refractivity contribution is 5.84. The quantitative estimate of drug-likeness (QED) is 0.391. The fraction of sp³-hybridized carbons (Fsp3) is 0.120. The van der Waals surface area contributed by atoms with Gasteiger partial charge in [0.25, 0.3) is 0 Å². The van der Waals surface area contributed by atoms with Crippen molar-refractivity contribution in [1.82, 2.24) is 24.5 Å². The molecule has 0 saturated carbocycles. The monoisotopic (exact) mass is 441 g/mol. The zero-order chi connectivity index (χ0) is 22.8. The maximum Gasteiger partial charge on any atom is 0.206 e. The van der Waals surface area contributed by atoms with Gasteiger partial charge in [-0.25, -0.2) is 9.07 Å². The van der Waals surface area contributed by atoms with E-state index in [0.29, 0.717) is 11.4 Å². The van der Waals surface area contributed by atoms with E-state index < -0.39 is 0 Å². The first-order valence-electron chi connectivity index (χ1n) is 10.5. The van der Waals surface area contributed by atoms with Crippen molar-refractivity contribution in [3.63, 3.8) is 0 Å². The normalized spacial score (nSPS) is 11.1. The van der Waals surface area contributed by atoms with Crippen LogP contribution in [-0.2, 0) is 13.2 Å². The molecule has 0 aliphatic heterocycles. The average molecular weight is 441 g/mol. The Bertz CT molecular complexity index is 1490. The fourth-order valence-electron chi connectivity index (χ4n) is 3.49. The molecule has 7 nitrogen and oxygen atoms in total. The van der Waals surface area contributed by atoms with E-state index >= 15 is 0 Å². The highest BCUT2D eigenvalue weighted by atomic mass is 19.1. The average Bonchev–Trinajstić information content (AvgIpc) is 3.33. The number of nitrogens with zero attached hydrogens (tertiary/aromatic N) is 5. The Morgan fingerprint density at radius 2 is 1.85 bits per heavy atom. The third-order valence-corrected chi connectivity index (χ3v) is 5.29. The molecule has 3 heterocycles. The molecule has 0 unspecified atom stereocenters. The second-order valence-electron chi connectivity index (χ2n) is 7.50. The van der Waals surface area contributed by atoms with Crippen LogP contribution in [0.1, 0.15) is 12.6 Å². The predicted molar refractivity (Wildman–Crippen MR) is 123 cm³/mol. The number of hydrogen-bond donors (Lipinski definition) is 0. The van der Waals surface area contributed by atoms with Gasteiger partial charge in [0.1, 0.15) is 29.6 Å². The van der Waals surface area contributed by atoms with Crippen LogP contribution in [-0.4, -0.2) is 24.5 Å². The molecule has 5 aromatic rings. The number of fused-ring (bicyclic) bond motifs is 1. The number of ether oxygens (including phenoxy) is 1. The highest BCUT2D eigenvalue weighted by Gasteiger charge is 2.08. The lowest BCUT2D eigenvalue weighted by molar-refractivity contribution is 0.298. The molecule has 0 radical (unpaired) electrons. The van der Waals surface area contributed by atoms with Gasteiger partial charge in [-0.15, -0.1) is 0 Å². The van der Waals surface area contributed by atoms with Gasteiger partial charge in [0.05, 0.1) is 17.9 Å². The topological polar surface area (TPSA) is 74.8 Å². The Morgan fingerprint density at radius 1 is 1.00 bits per heavy atom. The van der Waals surface area contributed by atoms with Crippen LogP contribution in [0.4, 0.5) is 4.39 Å². The molecule has 0 spiro atoms. The Morgan fingerprint density at radius 3 is 2.64 bits per heavy atom. The third kappa shape index (κ3) is 4.36. The summed E-state index contributed by atoms with van der Waals surface area (Å²) in [7, 11) is 0. The maximum absolute atomic E-state index is 13.2. The van der Waals surface area contributed by atoms with Crippen molar-refractivity contribution < 1.29 is 9.13 Å². The van der Waals surface area contributed by atoms with Crippen LogP contribution in [0, 0.1) is 5.82 Å². The van der Waals surface area contributed by atoms with Crippen LogP contribution in [0.5, 0.6) is 5.75 Å². The number of halogens is 1. The van der Waals surface area contributed by atoms with E-state index in [4.69, 9.17) is 4.74 Å². The summed E-state index contributed by atoms with van der Waals surface area (Å²) in [5, 5.41) is 9.53. The van der Waals surface area contributed by atoms with Gasteiger partial charge in [-0.3, -0.25) is 14.5 Å². The van der Waals surface area contributed by atoms with Gasteiger partial charge in [-0.1, -0.05) is 12.1 Å². The van der Waals surface area contributed by atoms with E-state index in [-0.39, 0.29) is 17.9 Å². The third-order valence-electron chi connectivity index (χ3n) is 5.29.